The summed E-state index contributed by atoms with van der Waals surface area (Å²) >= 11 is 5.90. The first-order chi connectivity index (χ1) is 9.29. The highest BCUT2D eigenvalue weighted by atomic mass is 35.5. The summed E-state index contributed by atoms with van der Waals surface area (Å²) in [4.78, 5) is 6.67. The molecule has 19 heavy (non-hydrogen) atoms. The number of hydrogen-bond donors (Lipinski definition) is 1. The van der Waals surface area contributed by atoms with E-state index in [1.165, 1.54) is 11.1 Å². The van der Waals surface area contributed by atoms with Gasteiger partial charge >= 0.3 is 0 Å². The van der Waals surface area contributed by atoms with Crippen molar-refractivity contribution in [1.29, 1.82) is 0 Å². The molecule has 2 N–H and O–H groups in total. The van der Waals surface area contributed by atoms with E-state index in [2.05, 4.69) is 34.1 Å². The first kappa shape index (κ1) is 12.5. The Kier molecular flexibility index (Phi) is 3.40. The number of anilines is 1. The van der Waals surface area contributed by atoms with Crippen LogP contribution in [0.15, 0.2) is 42.6 Å². The van der Waals surface area contributed by atoms with Crippen molar-refractivity contribution < 1.29 is 0 Å². The van der Waals surface area contributed by atoms with E-state index in [0.29, 0.717) is 11.6 Å². The van der Waals surface area contributed by atoms with E-state index in [-0.39, 0.29) is 6.04 Å². The highest BCUT2D eigenvalue weighted by Crippen LogP contribution is 2.32. The zero-order valence-electron chi connectivity index (χ0n) is 10.6. The summed E-state index contributed by atoms with van der Waals surface area (Å²) in [7, 11) is 0. The third-order valence-electron chi connectivity index (χ3n) is 3.64. The Bertz CT molecular complexity index is 568. The monoisotopic (exact) mass is 273 g/mol. The van der Waals surface area contributed by atoms with Gasteiger partial charge in [0.05, 0.1) is 11.1 Å². The molecule has 1 aromatic heterocycles. The van der Waals surface area contributed by atoms with Crippen molar-refractivity contribution in [3.05, 3.63) is 58.7 Å². The molecule has 0 spiro atoms. The molecule has 3 rings (SSSR count). The smallest absolute Gasteiger partial charge is 0.129 e. The predicted octanol–water partition coefficient (Wildman–Crippen LogP) is 2.80. The largest absolute Gasteiger partial charge is 0.348 e. The van der Waals surface area contributed by atoms with Crippen LogP contribution in [0.2, 0.25) is 5.02 Å². The van der Waals surface area contributed by atoms with E-state index in [4.69, 9.17) is 17.3 Å². The zero-order valence-corrected chi connectivity index (χ0v) is 11.3. The molecule has 2 aromatic rings. The van der Waals surface area contributed by atoms with Gasteiger partial charge in [0.25, 0.3) is 0 Å². The molecule has 1 atom stereocenters. The molecule has 4 heteroatoms. The predicted molar refractivity (Wildman–Crippen MR) is 78.5 cm³/mol. The highest BCUT2D eigenvalue weighted by Gasteiger charge is 2.26. The quantitative estimate of drug-likeness (QED) is 0.915. The van der Waals surface area contributed by atoms with Crippen LogP contribution < -0.4 is 10.6 Å². The molecule has 1 unspecified atom stereocenters. The summed E-state index contributed by atoms with van der Waals surface area (Å²) in [5.74, 6) is 0.939. The second-order valence-electron chi connectivity index (χ2n) is 4.73. The van der Waals surface area contributed by atoms with E-state index in [0.717, 1.165) is 18.8 Å². The van der Waals surface area contributed by atoms with Gasteiger partial charge in [0, 0.05) is 19.3 Å². The number of rotatable bonds is 2. The lowest BCUT2D eigenvalue weighted by molar-refractivity contribution is 0.584. The number of pyridine rings is 1. The fraction of sp³-hybridized carbons (Fsp3) is 0.267. The maximum Gasteiger partial charge on any atom is 0.129 e. The van der Waals surface area contributed by atoms with Crippen LogP contribution in [0.25, 0.3) is 0 Å². The molecule has 0 bridgehead atoms. The molecule has 3 nitrogen and oxygen atoms in total. The Morgan fingerprint density at radius 1 is 1.26 bits per heavy atom. The molecule has 0 fully saturated rings. The summed E-state index contributed by atoms with van der Waals surface area (Å²) in [6.07, 6.45) is 2.71. The number of aromatic nitrogens is 1. The normalized spacial score (nSPS) is 18.2. The molecule has 0 saturated carbocycles. The summed E-state index contributed by atoms with van der Waals surface area (Å²) in [6.45, 7) is 1.52. The Hall–Kier alpha value is -1.58. The first-order valence-corrected chi connectivity index (χ1v) is 6.83. The number of benzene rings is 1. The molecule has 98 valence electrons. The van der Waals surface area contributed by atoms with Crippen molar-refractivity contribution in [2.24, 2.45) is 5.73 Å². The average molecular weight is 274 g/mol. The Morgan fingerprint density at radius 3 is 2.84 bits per heavy atom. The minimum absolute atomic E-state index is 0.193. The van der Waals surface area contributed by atoms with Gasteiger partial charge in [-0.05, 0) is 29.7 Å². The fourth-order valence-electron chi connectivity index (χ4n) is 2.72. The van der Waals surface area contributed by atoms with Gasteiger partial charge in [0.1, 0.15) is 5.82 Å². The SMILES string of the molecule is NCC1c2ccccc2CCN1c1ccc(Cl)cn1. The first-order valence-electron chi connectivity index (χ1n) is 6.45. The van der Waals surface area contributed by atoms with Crippen molar-refractivity contribution >= 4 is 17.4 Å². The Labute approximate surface area is 118 Å². The van der Waals surface area contributed by atoms with Gasteiger partial charge in [-0.2, -0.15) is 0 Å². The molecule has 1 aromatic carbocycles. The Balaban J connectivity index is 1.98. The molecule has 0 radical (unpaired) electrons. The lowest BCUT2D eigenvalue weighted by Gasteiger charge is -2.37. The molecule has 2 heterocycles. The van der Waals surface area contributed by atoms with Gasteiger partial charge in [-0.15, -0.1) is 0 Å². The summed E-state index contributed by atoms with van der Waals surface area (Å²) in [5, 5.41) is 0.658. The second-order valence-corrected chi connectivity index (χ2v) is 5.16. The Morgan fingerprint density at radius 2 is 2.11 bits per heavy atom. The van der Waals surface area contributed by atoms with Crippen LogP contribution in [0.5, 0.6) is 0 Å². The van der Waals surface area contributed by atoms with Gasteiger partial charge in [-0.3, -0.25) is 0 Å². The van der Waals surface area contributed by atoms with Crippen LogP contribution in [0, 0.1) is 0 Å². The molecular formula is C15H16ClN3. The summed E-state index contributed by atoms with van der Waals surface area (Å²) in [5.41, 5.74) is 8.69. The van der Waals surface area contributed by atoms with E-state index < -0.39 is 0 Å². The van der Waals surface area contributed by atoms with E-state index >= 15 is 0 Å². The van der Waals surface area contributed by atoms with E-state index in [9.17, 15) is 0 Å². The lowest BCUT2D eigenvalue weighted by atomic mass is 9.92. The standard InChI is InChI=1S/C15H16ClN3/c16-12-5-6-15(18-10-12)19-8-7-11-3-1-2-4-13(11)14(19)9-17/h1-6,10,14H,7-9,17H2. The third kappa shape index (κ3) is 2.31. The molecule has 0 amide bonds. The van der Waals surface area contributed by atoms with E-state index in [1.807, 2.05) is 12.1 Å². The maximum absolute atomic E-state index is 5.98. The van der Waals surface area contributed by atoms with Crippen molar-refractivity contribution in [3.63, 3.8) is 0 Å². The summed E-state index contributed by atoms with van der Waals surface area (Å²) < 4.78 is 0. The van der Waals surface area contributed by atoms with Crippen molar-refractivity contribution in [2.75, 3.05) is 18.0 Å². The van der Waals surface area contributed by atoms with Crippen molar-refractivity contribution in [2.45, 2.75) is 12.5 Å². The van der Waals surface area contributed by atoms with Gasteiger partial charge in [0.2, 0.25) is 0 Å². The van der Waals surface area contributed by atoms with Crippen LogP contribution in [0.3, 0.4) is 0 Å². The fourth-order valence-corrected chi connectivity index (χ4v) is 2.83. The topological polar surface area (TPSA) is 42.1 Å². The van der Waals surface area contributed by atoms with Crippen molar-refractivity contribution in [3.8, 4) is 0 Å². The summed E-state index contributed by atoms with van der Waals surface area (Å²) in [6, 6.07) is 12.5. The maximum atomic E-state index is 5.98. The van der Waals surface area contributed by atoms with Crippen LogP contribution in [0.1, 0.15) is 17.2 Å². The molecular weight excluding hydrogens is 258 g/mol. The molecule has 1 aliphatic rings. The van der Waals surface area contributed by atoms with Crippen LogP contribution >= 0.6 is 11.6 Å². The number of nitrogens with two attached hydrogens (primary N) is 1. The average Bonchev–Trinajstić information content (AvgIpc) is 2.47. The molecule has 1 aliphatic heterocycles. The zero-order chi connectivity index (χ0) is 13.2. The van der Waals surface area contributed by atoms with Crippen LogP contribution in [0.4, 0.5) is 5.82 Å². The number of hydrogen-bond acceptors (Lipinski definition) is 3. The van der Waals surface area contributed by atoms with E-state index in [1.54, 1.807) is 6.20 Å². The number of nitrogens with zero attached hydrogens (tertiary/aromatic N) is 2. The van der Waals surface area contributed by atoms with Gasteiger partial charge in [-0.25, -0.2) is 4.98 Å². The minimum Gasteiger partial charge on any atom is -0.348 e. The number of halogens is 1. The molecule has 0 saturated heterocycles. The third-order valence-corrected chi connectivity index (χ3v) is 3.87. The number of fused-ring (bicyclic) bond motifs is 1. The van der Waals surface area contributed by atoms with Gasteiger partial charge < -0.3 is 10.6 Å². The van der Waals surface area contributed by atoms with Gasteiger partial charge in [0.15, 0.2) is 0 Å². The van der Waals surface area contributed by atoms with Crippen LogP contribution in [-0.4, -0.2) is 18.1 Å². The van der Waals surface area contributed by atoms with Gasteiger partial charge in [-0.1, -0.05) is 35.9 Å². The minimum atomic E-state index is 0.193. The molecule has 0 aliphatic carbocycles. The lowest BCUT2D eigenvalue weighted by Crippen LogP contribution is -2.39. The van der Waals surface area contributed by atoms with Crippen molar-refractivity contribution in [1.82, 2.24) is 4.98 Å². The highest BCUT2D eigenvalue weighted by molar-refractivity contribution is 6.30. The second kappa shape index (κ2) is 5.19. The van der Waals surface area contributed by atoms with Crippen LogP contribution in [-0.2, 0) is 6.42 Å².